The minimum atomic E-state index is -0.189. The molecule has 31 heavy (non-hydrogen) atoms. The van der Waals surface area contributed by atoms with Crippen LogP contribution in [0.2, 0.25) is 0 Å². The van der Waals surface area contributed by atoms with Crippen LogP contribution in [0.4, 0.5) is 0 Å². The Balaban J connectivity index is 1.52. The molecule has 0 aliphatic carbocycles. The lowest BCUT2D eigenvalue weighted by Crippen LogP contribution is -2.30. The van der Waals surface area contributed by atoms with Crippen LogP contribution in [-0.4, -0.2) is 53.0 Å². The van der Waals surface area contributed by atoms with Crippen molar-refractivity contribution in [3.8, 4) is 28.6 Å². The Hall–Kier alpha value is -3.62. The summed E-state index contributed by atoms with van der Waals surface area (Å²) < 4.78 is 16.4. The number of amides is 1. The topological polar surface area (TPSA) is 100 Å². The van der Waals surface area contributed by atoms with Gasteiger partial charge in [-0.3, -0.25) is 4.79 Å². The van der Waals surface area contributed by atoms with Crippen LogP contribution in [0.1, 0.15) is 19.4 Å². The van der Waals surface area contributed by atoms with E-state index in [9.17, 15) is 4.79 Å². The van der Waals surface area contributed by atoms with Gasteiger partial charge in [0.05, 0.1) is 20.3 Å². The van der Waals surface area contributed by atoms with E-state index in [1.165, 1.54) is 4.80 Å². The highest BCUT2D eigenvalue weighted by molar-refractivity contribution is 5.75. The van der Waals surface area contributed by atoms with Crippen LogP contribution >= 0.6 is 0 Å². The van der Waals surface area contributed by atoms with Crippen molar-refractivity contribution in [2.24, 2.45) is 0 Å². The number of hydrogen-bond acceptors (Lipinski definition) is 7. The van der Waals surface area contributed by atoms with Gasteiger partial charge < -0.3 is 19.5 Å². The molecule has 1 amide bonds. The third kappa shape index (κ3) is 6.18. The van der Waals surface area contributed by atoms with Crippen LogP contribution in [0.25, 0.3) is 11.4 Å². The number of tetrazole rings is 1. The summed E-state index contributed by atoms with van der Waals surface area (Å²) in [6.07, 6.45) is 0.665. The molecule has 0 spiro atoms. The number of rotatable bonds is 11. The molecule has 9 nitrogen and oxygen atoms in total. The van der Waals surface area contributed by atoms with E-state index in [1.807, 2.05) is 56.3 Å². The van der Waals surface area contributed by atoms with Crippen molar-refractivity contribution < 1.29 is 19.0 Å². The van der Waals surface area contributed by atoms with Gasteiger partial charge in [-0.2, -0.15) is 4.80 Å². The molecular formula is C22H27N5O4. The van der Waals surface area contributed by atoms with Gasteiger partial charge in [0.25, 0.3) is 0 Å². The standard InChI is InChI=1S/C22H27N5O4/c1-4-30-19-10-9-16(13-20(19)31-5-2)11-12-23-21(28)15-27-25-22(24-26-27)17-7-6-8-18(14-17)29-3/h6-10,13-14H,4-5,11-12,15H2,1-3H3,(H,23,28). The summed E-state index contributed by atoms with van der Waals surface area (Å²) in [5, 5.41) is 15.1. The lowest BCUT2D eigenvalue weighted by atomic mass is 10.1. The number of methoxy groups -OCH3 is 1. The number of nitrogens with one attached hydrogen (secondary N) is 1. The molecule has 164 valence electrons. The van der Waals surface area contributed by atoms with Crippen molar-refractivity contribution in [3.05, 3.63) is 48.0 Å². The summed E-state index contributed by atoms with van der Waals surface area (Å²) in [4.78, 5) is 13.5. The van der Waals surface area contributed by atoms with Crippen LogP contribution in [0, 0.1) is 0 Å². The molecule has 9 heteroatoms. The van der Waals surface area contributed by atoms with E-state index in [0.29, 0.717) is 43.5 Å². The molecule has 1 N–H and O–H groups in total. The van der Waals surface area contributed by atoms with Gasteiger partial charge in [0.1, 0.15) is 12.3 Å². The number of benzene rings is 2. The average molecular weight is 425 g/mol. The zero-order valence-corrected chi connectivity index (χ0v) is 18.0. The van der Waals surface area contributed by atoms with Gasteiger partial charge in [-0.25, -0.2) is 0 Å². The number of ether oxygens (including phenoxy) is 3. The second-order valence-corrected chi connectivity index (χ2v) is 6.62. The Morgan fingerprint density at radius 1 is 1.06 bits per heavy atom. The van der Waals surface area contributed by atoms with E-state index in [2.05, 4.69) is 20.7 Å². The summed E-state index contributed by atoms with van der Waals surface area (Å²) in [5.74, 6) is 2.38. The summed E-state index contributed by atoms with van der Waals surface area (Å²) in [7, 11) is 1.60. The summed E-state index contributed by atoms with van der Waals surface area (Å²) in [6.45, 7) is 5.47. The SMILES string of the molecule is CCOc1ccc(CCNC(=O)Cn2nnc(-c3cccc(OC)c3)n2)cc1OCC. The van der Waals surface area contributed by atoms with E-state index < -0.39 is 0 Å². The minimum Gasteiger partial charge on any atom is -0.497 e. The predicted molar refractivity (Wildman–Crippen MR) is 115 cm³/mol. The van der Waals surface area contributed by atoms with Gasteiger partial charge in [0, 0.05) is 12.1 Å². The largest absolute Gasteiger partial charge is 0.497 e. The molecular weight excluding hydrogens is 398 g/mol. The van der Waals surface area contributed by atoms with Gasteiger partial charge in [-0.05, 0) is 55.3 Å². The number of hydrogen-bond donors (Lipinski definition) is 1. The number of nitrogens with zero attached hydrogens (tertiary/aromatic N) is 4. The molecule has 0 saturated heterocycles. The maximum Gasteiger partial charge on any atom is 0.243 e. The Kier molecular flexibility index (Phi) is 7.80. The summed E-state index contributed by atoms with van der Waals surface area (Å²) in [5.41, 5.74) is 1.82. The third-order valence-electron chi connectivity index (χ3n) is 4.41. The maximum atomic E-state index is 12.3. The Bertz CT molecular complexity index is 1010. The lowest BCUT2D eigenvalue weighted by Gasteiger charge is -2.12. The summed E-state index contributed by atoms with van der Waals surface area (Å²) in [6, 6.07) is 13.2. The average Bonchev–Trinajstić information content (AvgIpc) is 3.24. The van der Waals surface area contributed by atoms with Crippen molar-refractivity contribution in [1.82, 2.24) is 25.5 Å². The van der Waals surface area contributed by atoms with Gasteiger partial charge in [0.15, 0.2) is 11.5 Å². The highest BCUT2D eigenvalue weighted by Crippen LogP contribution is 2.28. The van der Waals surface area contributed by atoms with Gasteiger partial charge in [-0.15, -0.1) is 10.2 Å². The number of aromatic nitrogens is 4. The minimum absolute atomic E-state index is 0.00948. The van der Waals surface area contributed by atoms with Crippen molar-refractivity contribution in [2.75, 3.05) is 26.9 Å². The molecule has 3 rings (SSSR count). The first-order chi connectivity index (χ1) is 15.1. The smallest absolute Gasteiger partial charge is 0.243 e. The second-order valence-electron chi connectivity index (χ2n) is 6.62. The lowest BCUT2D eigenvalue weighted by molar-refractivity contribution is -0.122. The van der Waals surface area contributed by atoms with Crippen LogP contribution in [0.3, 0.4) is 0 Å². The molecule has 1 aromatic heterocycles. The third-order valence-corrected chi connectivity index (χ3v) is 4.41. The fourth-order valence-corrected chi connectivity index (χ4v) is 2.97. The van der Waals surface area contributed by atoms with Crippen LogP contribution < -0.4 is 19.5 Å². The van der Waals surface area contributed by atoms with Crippen molar-refractivity contribution >= 4 is 5.91 Å². The molecule has 3 aromatic rings. The van der Waals surface area contributed by atoms with E-state index in [4.69, 9.17) is 14.2 Å². The van der Waals surface area contributed by atoms with E-state index in [-0.39, 0.29) is 12.5 Å². The molecule has 0 atom stereocenters. The van der Waals surface area contributed by atoms with Crippen LogP contribution in [-0.2, 0) is 17.8 Å². The number of carbonyl (C=O) groups excluding carboxylic acids is 1. The fourth-order valence-electron chi connectivity index (χ4n) is 2.97. The monoisotopic (exact) mass is 425 g/mol. The molecule has 0 unspecified atom stereocenters. The molecule has 0 radical (unpaired) electrons. The normalized spacial score (nSPS) is 10.5. The Morgan fingerprint density at radius 2 is 1.87 bits per heavy atom. The maximum absolute atomic E-state index is 12.3. The molecule has 0 fully saturated rings. The molecule has 1 heterocycles. The molecule has 0 aliphatic heterocycles. The van der Waals surface area contributed by atoms with E-state index in [1.54, 1.807) is 7.11 Å². The highest BCUT2D eigenvalue weighted by Gasteiger charge is 2.11. The van der Waals surface area contributed by atoms with Gasteiger partial charge in [0.2, 0.25) is 11.7 Å². The Morgan fingerprint density at radius 3 is 2.65 bits per heavy atom. The van der Waals surface area contributed by atoms with Gasteiger partial charge in [-0.1, -0.05) is 18.2 Å². The summed E-state index contributed by atoms with van der Waals surface area (Å²) >= 11 is 0. The first-order valence-electron chi connectivity index (χ1n) is 10.2. The Labute approximate surface area is 181 Å². The zero-order valence-electron chi connectivity index (χ0n) is 18.0. The van der Waals surface area contributed by atoms with E-state index >= 15 is 0 Å². The quantitative estimate of drug-likeness (QED) is 0.504. The first-order valence-corrected chi connectivity index (χ1v) is 10.2. The van der Waals surface area contributed by atoms with Gasteiger partial charge >= 0.3 is 0 Å². The van der Waals surface area contributed by atoms with Crippen LogP contribution in [0.15, 0.2) is 42.5 Å². The first kappa shape index (κ1) is 22.1. The highest BCUT2D eigenvalue weighted by atomic mass is 16.5. The second kappa shape index (κ2) is 11.0. The molecule has 0 saturated carbocycles. The van der Waals surface area contributed by atoms with Crippen molar-refractivity contribution in [2.45, 2.75) is 26.8 Å². The number of carbonyl (C=O) groups is 1. The fraction of sp³-hybridized carbons (Fsp3) is 0.364. The molecule has 0 bridgehead atoms. The predicted octanol–water partition coefficient (Wildman–Crippen LogP) is 2.51. The zero-order chi connectivity index (χ0) is 22.1. The van der Waals surface area contributed by atoms with Crippen molar-refractivity contribution in [3.63, 3.8) is 0 Å². The molecule has 0 aliphatic rings. The molecule has 2 aromatic carbocycles. The van der Waals surface area contributed by atoms with Crippen LogP contribution in [0.5, 0.6) is 17.2 Å². The van der Waals surface area contributed by atoms with Crippen molar-refractivity contribution in [1.29, 1.82) is 0 Å². The van der Waals surface area contributed by atoms with E-state index in [0.717, 1.165) is 16.9 Å².